The summed E-state index contributed by atoms with van der Waals surface area (Å²) in [7, 11) is 1.72. The SMILES string of the molecule is CNC(=O)C1CCCN1C1CC(N)c2ccccc21. The first-order valence-corrected chi connectivity index (χ1v) is 7.04. The van der Waals surface area contributed by atoms with Crippen LogP contribution in [0.5, 0.6) is 0 Å². The molecule has 3 unspecified atom stereocenters. The molecule has 1 aliphatic heterocycles. The zero-order valence-corrected chi connectivity index (χ0v) is 11.3. The minimum Gasteiger partial charge on any atom is -0.358 e. The van der Waals surface area contributed by atoms with Gasteiger partial charge in [0.1, 0.15) is 0 Å². The third-order valence-electron chi connectivity index (χ3n) is 4.48. The Balaban J connectivity index is 1.89. The number of likely N-dealkylation sites (tertiary alicyclic amines) is 1. The van der Waals surface area contributed by atoms with Crippen LogP contribution < -0.4 is 11.1 Å². The van der Waals surface area contributed by atoms with E-state index in [1.807, 2.05) is 6.07 Å². The average molecular weight is 259 g/mol. The van der Waals surface area contributed by atoms with Crippen molar-refractivity contribution in [1.82, 2.24) is 10.2 Å². The van der Waals surface area contributed by atoms with Crippen LogP contribution in [0.25, 0.3) is 0 Å². The van der Waals surface area contributed by atoms with Crippen molar-refractivity contribution < 1.29 is 4.79 Å². The lowest BCUT2D eigenvalue weighted by Gasteiger charge is -2.30. The molecule has 1 saturated heterocycles. The second-order valence-corrected chi connectivity index (χ2v) is 5.50. The molecule has 4 heteroatoms. The van der Waals surface area contributed by atoms with E-state index >= 15 is 0 Å². The molecule has 2 aliphatic rings. The van der Waals surface area contributed by atoms with Crippen LogP contribution in [0, 0.1) is 0 Å². The molecule has 4 nitrogen and oxygen atoms in total. The van der Waals surface area contributed by atoms with Crippen molar-refractivity contribution in [3.63, 3.8) is 0 Å². The maximum Gasteiger partial charge on any atom is 0.237 e. The van der Waals surface area contributed by atoms with E-state index in [0.29, 0.717) is 6.04 Å². The van der Waals surface area contributed by atoms with Gasteiger partial charge >= 0.3 is 0 Å². The van der Waals surface area contributed by atoms with Crippen molar-refractivity contribution in [2.75, 3.05) is 13.6 Å². The summed E-state index contributed by atoms with van der Waals surface area (Å²) in [6, 6.07) is 8.80. The molecule has 19 heavy (non-hydrogen) atoms. The van der Waals surface area contributed by atoms with Crippen LogP contribution in [-0.4, -0.2) is 30.4 Å². The number of carbonyl (C=O) groups excluding carboxylic acids is 1. The number of rotatable bonds is 2. The Morgan fingerprint density at radius 2 is 2.11 bits per heavy atom. The van der Waals surface area contributed by atoms with E-state index in [0.717, 1.165) is 25.8 Å². The van der Waals surface area contributed by atoms with E-state index in [1.165, 1.54) is 11.1 Å². The Bertz CT molecular complexity index is 488. The van der Waals surface area contributed by atoms with Gasteiger partial charge in [0.05, 0.1) is 6.04 Å². The lowest BCUT2D eigenvalue weighted by Crippen LogP contribution is -2.43. The summed E-state index contributed by atoms with van der Waals surface area (Å²) < 4.78 is 0. The minimum atomic E-state index is 0.00774. The standard InChI is InChI=1S/C15H21N3O/c1-17-15(19)13-7-4-8-18(13)14-9-12(16)10-5-2-3-6-11(10)14/h2-3,5-6,12-14H,4,7-9,16H2,1H3,(H,17,19). The fourth-order valence-electron chi connectivity index (χ4n) is 3.57. The predicted molar refractivity (Wildman–Crippen MR) is 74.5 cm³/mol. The molecule has 1 heterocycles. The summed E-state index contributed by atoms with van der Waals surface area (Å²) in [4.78, 5) is 14.3. The molecule has 1 aromatic rings. The molecule has 0 spiro atoms. The van der Waals surface area contributed by atoms with Crippen molar-refractivity contribution in [2.24, 2.45) is 5.73 Å². The van der Waals surface area contributed by atoms with Crippen LogP contribution in [-0.2, 0) is 4.79 Å². The smallest absolute Gasteiger partial charge is 0.237 e. The largest absolute Gasteiger partial charge is 0.358 e. The minimum absolute atomic E-state index is 0.00774. The average Bonchev–Trinajstić information content (AvgIpc) is 3.03. The number of nitrogens with zero attached hydrogens (tertiary/aromatic N) is 1. The number of likely N-dealkylation sites (N-methyl/N-ethyl adjacent to an activating group) is 1. The summed E-state index contributed by atoms with van der Waals surface area (Å²) in [6.07, 6.45) is 2.96. The van der Waals surface area contributed by atoms with Gasteiger partial charge < -0.3 is 11.1 Å². The Morgan fingerprint density at radius 1 is 1.37 bits per heavy atom. The molecule has 0 saturated carbocycles. The second kappa shape index (κ2) is 4.94. The van der Waals surface area contributed by atoms with Crippen LogP contribution in [0.2, 0.25) is 0 Å². The van der Waals surface area contributed by atoms with Crippen LogP contribution >= 0.6 is 0 Å². The first kappa shape index (κ1) is 12.6. The van der Waals surface area contributed by atoms with Crippen LogP contribution in [0.15, 0.2) is 24.3 Å². The molecular formula is C15H21N3O. The quantitative estimate of drug-likeness (QED) is 0.842. The second-order valence-electron chi connectivity index (χ2n) is 5.50. The highest BCUT2D eigenvalue weighted by atomic mass is 16.2. The fraction of sp³-hybridized carbons (Fsp3) is 0.533. The van der Waals surface area contributed by atoms with Gasteiger partial charge in [-0.05, 0) is 36.9 Å². The van der Waals surface area contributed by atoms with E-state index in [2.05, 4.69) is 28.4 Å². The van der Waals surface area contributed by atoms with Crippen LogP contribution in [0.1, 0.15) is 42.5 Å². The fourth-order valence-corrected chi connectivity index (χ4v) is 3.57. The molecular weight excluding hydrogens is 238 g/mol. The topological polar surface area (TPSA) is 58.4 Å². The monoisotopic (exact) mass is 259 g/mol. The summed E-state index contributed by atoms with van der Waals surface area (Å²) >= 11 is 0. The van der Waals surface area contributed by atoms with Crippen molar-refractivity contribution in [3.05, 3.63) is 35.4 Å². The molecule has 102 valence electrons. The molecule has 3 rings (SSSR count). The van der Waals surface area contributed by atoms with Gasteiger partial charge in [-0.1, -0.05) is 24.3 Å². The van der Waals surface area contributed by atoms with Gasteiger partial charge in [0, 0.05) is 19.1 Å². The highest BCUT2D eigenvalue weighted by Crippen LogP contribution is 2.43. The van der Waals surface area contributed by atoms with Crippen molar-refractivity contribution >= 4 is 5.91 Å². The maximum absolute atomic E-state index is 12.0. The molecule has 1 aliphatic carbocycles. The lowest BCUT2D eigenvalue weighted by molar-refractivity contribution is -0.125. The first-order valence-electron chi connectivity index (χ1n) is 7.04. The van der Waals surface area contributed by atoms with E-state index in [-0.39, 0.29) is 18.0 Å². The summed E-state index contributed by atoms with van der Waals surface area (Å²) in [6.45, 7) is 0.990. The summed E-state index contributed by atoms with van der Waals surface area (Å²) in [5, 5.41) is 2.78. The predicted octanol–water partition coefficient (Wildman–Crippen LogP) is 1.34. The molecule has 3 atom stereocenters. The van der Waals surface area contributed by atoms with Crippen LogP contribution in [0.3, 0.4) is 0 Å². The maximum atomic E-state index is 12.0. The Kier molecular flexibility index (Phi) is 3.29. The lowest BCUT2D eigenvalue weighted by atomic mass is 10.1. The van der Waals surface area contributed by atoms with Gasteiger partial charge in [-0.3, -0.25) is 9.69 Å². The number of nitrogens with two attached hydrogens (primary N) is 1. The van der Waals surface area contributed by atoms with Gasteiger partial charge in [-0.15, -0.1) is 0 Å². The first-order chi connectivity index (χ1) is 9.22. The van der Waals surface area contributed by atoms with Crippen LogP contribution in [0.4, 0.5) is 0 Å². The molecule has 0 radical (unpaired) electrons. The number of nitrogens with one attached hydrogen (secondary N) is 1. The van der Waals surface area contributed by atoms with E-state index in [1.54, 1.807) is 7.05 Å². The zero-order valence-electron chi connectivity index (χ0n) is 11.3. The summed E-state index contributed by atoms with van der Waals surface area (Å²) in [5.41, 5.74) is 8.79. The normalized spacial score (nSPS) is 30.3. The van der Waals surface area contributed by atoms with E-state index < -0.39 is 0 Å². The van der Waals surface area contributed by atoms with E-state index in [9.17, 15) is 4.79 Å². The zero-order chi connectivity index (χ0) is 13.4. The number of hydrogen-bond acceptors (Lipinski definition) is 3. The summed E-state index contributed by atoms with van der Waals surface area (Å²) in [5.74, 6) is 0.135. The van der Waals surface area contributed by atoms with Crippen molar-refractivity contribution in [1.29, 1.82) is 0 Å². The molecule has 1 amide bonds. The molecule has 3 N–H and O–H groups in total. The van der Waals surface area contributed by atoms with Crippen molar-refractivity contribution in [3.8, 4) is 0 Å². The number of fused-ring (bicyclic) bond motifs is 1. The number of benzene rings is 1. The number of amides is 1. The molecule has 0 aromatic heterocycles. The molecule has 1 aromatic carbocycles. The molecule has 0 bridgehead atoms. The van der Waals surface area contributed by atoms with Crippen molar-refractivity contribution in [2.45, 2.75) is 37.4 Å². The number of carbonyl (C=O) groups is 1. The Labute approximate surface area is 114 Å². The third kappa shape index (κ3) is 2.05. The van der Waals surface area contributed by atoms with Gasteiger partial charge in [-0.2, -0.15) is 0 Å². The van der Waals surface area contributed by atoms with Gasteiger partial charge in [0.15, 0.2) is 0 Å². The third-order valence-corrected chi connectivity index (χ3v) is 4.48. The highest BCUT2D eigenvalue weighted by molar-refractivity contribution is 5.81. The molecule has 1 fully saturated rings. The Morgan fingerprint density at radius 3 is 2.84 bits per heavy atom. The highest BCUT2D eigenvalue weighted by Gasteiger charge is 2.40. The van der Waals surface area contributed by atoms with E-state index in [4.69, 9.17) is 5.73 Å². The van der Waals surface area contributed by atoms with Gasteiger partial charge in [0.2, 0.25) is 5.91 Å². The Hall–Kier alpha value is -1.39. The number of hydrogen-bond donors (Lipinski definition) is 2. The van der Waals surface area contributed by atoms with Gasteiger partial charge in [0.25, 0.3) is 0 Å². The van der Waals surface area contributed by atoms with Gasteiger partial charge in [-0.25, -0.2) is 0 Å².